The van der Waals surface area contributed by atoms with Crippen LogP contribution in [0, 0.1) is 18.6 Å². The van der Waals surface area contributed by atoms with E-state index in [-0.39, 0.29) is 16.4 Å². The Morgan fingerprint density at radius 2 is 2.07 bits per heavy atom. The lowest BCUT2D eigenvalue weighted by molar-refractivity contribution is 0.102. The molecule has 5 nitrogen and oxygen atoms in total. The van der Waals surface area contributed by atoms with Gasteiger partial charge in [0.25, 0.3) is 0 Å². The van der Waals surface area contributed by atoms with Crippen molar-refractivity contribution < 1.29 is 18.7 Å². The molecule has 3 atom stereocenters. The number of carbonyl (C=O) groups is 1. The van der Waals surface area contributed by atoms with E-state index in [0.717, 1.165) is 12.5 Å². The van der Waals surface area contributed by atoms with Crippen LogP contribution in [0.3, 0.4) is 0 Å². The molecule has 1 aromatic carbocycles. The Balaban J connectivity index is 1.64. The highest BCUT2D eigenvalue weighted by Gasteiger charge is 2.37. The number of ketones is 1. The van der Waals surface area contributed by atoms with Crippen LogP contribution in [0.2, 0.25) is 0 Å². The smallest absolute Gasteiger partial charge is 0.200 e. The molecule has 158 valence electrons. The molecule has 2 aliphatic heterocycles. The van der Waals surface area contributed by atoms with E-state index in [1.165, 1.54) is 19.2 Å². The summed E-state index contributed by atoms with van der Waals surface area (Å²) >= 11 is 1.59. The van der Waals surface area contributed by atoms with Crippen LogP contribution >= 0.6 is 11.9 Å². The Bertz CT molecular complexity index is 1020. The summed E-state index contributed by atoms with van der Waals surface area (Å²) in [5.74, 6) is -2.48. The van der Waals surface area contributed by atoms with Crippen molar-refractivity contribution in [3.8, 4) is 0 Å². The number of halogens is 2. The predicted molar refractivity (Wildman–Crippen MR) is 113 cm³/mol. The molecule has 8 heteroatoms. The van der Waals surface area contributed by atoms with Crippen LogP contribution in [0.5, 0.6) is 0 Å². The van der Waals surface area contributed by atoms with Gasteiger partial charge in [-0.25, -0.2) is 8.78 Å². The summed E-state index contributed by atoms with van der Waals surface area (Å²) in [4.78, 5) is 13.0. The molecular weight excluding hydrogens is 408 g/mol. The highest BCUT2D eigenvalue weighted by Crippen LogP contribution is 2.37. The maximum Gasteiger partial charge on any atom is 0.200 e. The summed E-state index contributed by atoms with van der Waals surface area (Å²) in [6.07, 6.45) is 9.54. The van der Waals surface area contributed by atoms with Crippen LogP contribution in [0.4, 0.5) is 8.78 Å². The third-order valence-corrected chi connectivity index (χ3v) is 6.59. The Morgan fingerprint density at radius 3 is 2.77 bits per heavy atom. The fraction of sp³-hybridized carbons (Fsp3) is 0.318. The Morgan fingerprint density at radius 1 is 1.30 bits per heavy atom. The predicted octanol–water partition coefficient (Wildman–Crippen LogP) is 3.00. The molecule has 3 aliphatic rings. The summed E-state index contributed by atoms with van der Waals surface area (Å²) in [5.41, 5.74) is -0.212. The number of aliphatic hydroxyl groups is 1. The van der Waals surface area contributed by atoms with E-state index >= 15 is 0 Å². The first kappa shape index (κ1) is 20.8. The maximum absolute atomic E-state index is 14.5. The van der Waals surface area contributed by atoms with Crippen molar-refractivity contribution in [2.45, 2.75) is 36.8 Å². The first-order chi connectivity index (χ1) is 14.3. The lowest BCUT2D eigenvalue weighted by Gasteiger charge is -2.34. The van der Waals surface area contributed by atoms with Crippen molar-refractivity contribution in [2.75, 3.05) is 7.05 Å². The minimum atomic E-state index is -1.17. The van der Waals surface area contributed by atoms with Gasteiger partial charge < -0.3 is 15.7 Å². The maximum atomic E-state index is 14.5. The topological polar surface area (TPSA) is 73.4 Å². The van der Waals surface area contributed by atoms with Crippen molar-refractivity contribution in [2.24, 2.45) is 0 Å². The molecule has 0 fully saturated rings. The number of dihydropyridines is 1. The zero-order valence-electron chi connectivity index (χ0n) is 16.6. The molecule has 0 saturated heterocycles. The molecule has 2 unspecified atom stereocenters. The van der Waals surface area contributed by atoms with Gasteiger partial charge in [-0.3, -0.25) is 9.52 Å². The van der Waals surface area contributed by atoms with E-state index in [0.29, 0.717) is 17.6 Å². The largest absolute Gasteiger partial charge is 0.381 e. The zero-order valence-corrected chi connectivity index (χ0v) is 17.4. The first-order valence-electron chi connectivity index (χ1n) is 9.72. The summed E-state index contributed by atoms with van der Waals surface area (Å²) < 4.78 is 31.8. The van der Waals surface area contributed by atoms with Crippen LogP contribution in [-0.4, -0.2) is 35.0 Å². The molecule has 0 bridgehead atoms. The molecule has 0 spiro atoms. The second kappa shape index (κ2) is 8.02. The quantitative estimate of drug-likeness (QED) is 0.326. The van der Waals surface area contributed by atoms with Crippen LogP contribution in [0.15, 0.2) is 59.5 Å². The summed E-state index contributed by atoms with van der Waals surface area (Å²) in [6, 6.07) is 2.40. The van der Waals surface area contributed by atoms with E-state index < -0.39 is 34.7 Å². The third kappa shape index (κ3) is 3.59. The molecule has 4 N–H and O–H groups in total. The SMILES string of the molecule is CNSC1C=C[C@](O)(C2=CNC3NC=C(C(=O)c4c(F)ccc(C)c4F)C3=C2)CC1. The summed E-state index contributed by atoms with van der Waals surface area (Å²) in [5, 5.41) is 17.6. The number of benzene rings is 1. The summed E-state index contributed by atoms with van der Waals surface area (Å²) in [6.45, 7) is 1.49. The van der Waals surface area contributed by atoms with Crippen molar-refractivity contribution in [3.05, 3.63) is 82.2 Å². The number of hydrogen-bond donors (Lipinski definition) is 4. The van der Waals surface area contributed by atoms with Gasteiger partial charge >= 0.3 is 0 Å². The second-order valence-corrected chi connectivity index (χ2v) is 8.84. The monoisotopic (exact) mass is 431 g/mol. The van der Waals surface area contributed by atoms with Gasteiger partial charge in [-0.05, 0) is 44.5 Å². The molecule has 0 radical (unpaired) electrons. The second-order valence-electron chi connectivity index (χ2n) is 7.59. The highest BCUT2D eigenvalue weighted by molar-refractivity contribution is 7.98. The Hall–Kier alpha value is -2.42. The fourth-order valence-corrected chi connectivity index (χ4v) is 4.62. The van der Waals surface area contributed by atoms with Gasteiger partial charge in [0.1, 0.15) is 23.4 Å². The fourth-order valence-electron chi connectivity index (χ4n) is 3.92. The van der Waals surface area contributed by atoms with Gasteiger partial charge in [-0.2, -0.15) is 0 Å². The van der Waals surface area contributed by atoms with E-state index in [1.807, 2.05) is 13.1 Å². The van der Waals surface area contributed by atoms with Crippen LogP contribution < -0.4 is 15.4 Å². The van der Waals surface area contributed by atoms with Crippen LogP contribution in [0.25, 0.3) is 0 Å². The van der Waals surface area contributed by atoms with Gasteiger partial charge in [0.15, 0.2) is 0 Å². The molecule has 0 amide bonds. The van der Waals surface area contributed by atoms with Gasteiger partial charge in [-0.1, -0.05) is 30.2 Å². The lowest BCUT2D eigenvalue weighted by Crippen LogP contribution is -2.41. The number of carbonyl (C=O) groups excluding carboxylic acids is 1. The average Bonchev–Trinajstić information content (AvgIpc) is 3.16. The first-order valence-corrected chi connectivity index (χ1v) is 10.6. The zero-order chi connectivity index (χ0) is 21.5. The van der Waals surface area contributed by atoms with E-state index in [4.69, 9.17) is 0 Å². The van der Waals surface area contributed by atoms with Gasteiger partial charge in [0.2, 0.25) is 5.78 Å². The van der Waals surface area contributed by atoms with E-state index in [9.17, 15) is 18.7 Å². The van der Waals surface area contributed by atoms with E-state index in [1.54, 1.807) is 30.3 Å². The van der Waals surface area contributed by atoms with Crippen LogP contribution in [0.1, 0.15) is 28.8 Å². The molecule has 30 heavy (non-hydrogen) atoms. The molecular formula is C22H23F2N3O2S. The number of rotatable bonds is 5. The minimum absolute atomic E-state index is 0.175. The van der Waals surface area contributed by atoms with Crippen molar-refractivity contribution >= 4 is 17.7 Å². The number of hydrogen-bond acceptors (Lipinski definition) is 6. The normalized spacial score (nSPS) is 27.4. The third-order valence-electron chi connectivity index (χ3n) is 5.65. The standard InChI is InChI=1S/C22H23F2N3O2S/c1-12-3-4-17(23)18(19(12)24)20(28)16-11-27-21-15(16)9-13(10-26-21)22(29)7-5-14(6-8-22)30-25-2/h3-5,7,9-11,14,21,25-27,29H,6,8H2,1-2H3/t14?,21?,22-/m1/s1. The minimum Gasteiger partial charge on any atom is -0.381 e. The van der Waals surface area contributed by atoms with Gasteiger partial charge in [0.05, 0.1) is 5.56 Å². The molecule has 4 rings (SSSR count). The van der Waals surface area contributed by atoms with Crippen molar-refractivity contribution in [1.82, 2.24) is 15.4 Å². The van der Waals surface area contributed by atoms with Crippen molar-refractivity contribution in [1.29, 1.82) is 0 Å². The molecule has 1 aliphatic carbocycles. The van der Waals surface area contributed by atoms with Crippen LogP contribution in [-0.2, 0) is 0 Å². The average molecular weight is 432 g/mol. The number of nitrogens with one attached hydrogen (secondary N) is 3. The van der Waals surface area contributed by atoms with Gasteiger partial charge in [-0.15, -0.1) is 0 Å². The molecule has 1 aromatic rings. The van der Waals surface area contributed by atoms with E-state index in [2.05, 4.69) is 15.4 Å². The molecule has 0 aromatic heterocycles. The Labute approximate surface area is 178 Å². The number of aryl methyl sites for hydroxylation is 1. The number of fused-ring (bicyclic) bond motifs is 1. The highest BCUT2D eigenvalue weighted by atomic mass is 32.2. The number of Topliss-reactive ketones (excluding diaryl/α,β-unsaturated/α-hetero) is 1. The lowest BCUT2D eigenvalue weighted by atomic mass is 9.81. The van der Waals surface area contributed by atoms with Gasteiger partial charge in [0, 0.05) is 34.4 Å². The Kier molecular flexibility index (Phi) is 5.57. The summed E-state index contributed by atoms with van der Waals surface area (Å²) in [7, 11) is 1.86. The van der Waals surface area contributed by atoms with Crippen molar-refractivity contribution in [3.63, 3.8) is 0 Å². The molecule has 0 saturated carbocycles. The molecule has 2 heterocycles.